The van der Waals surface area contributed by atoms with Crippen molar-refractivity contribution in [2.24, 2.45) is 0 Å². The first-order valence-corrected chi connectivity index (χ1v) is 6.10. The fourth-order valence-electron chi connectivity index (χ4n) is 2.15. The summed E-state index contributed by atoms with van der Waals surface area (Å²) in [5.74, 6) is 0. The van der Waals surface area contributed by atoms with Gasteiger partial charge in [0, 0.05) is 31.9 Å². The van der Waals surface area contributed by atoms with Crippen LogP contribution in [0.4, 0.5) is 0 Å². The van der Waals surface area contributed by atoms with Crippen LogP contribution in [0.5, 0.6) is 0 Å². The van der Waals surface area contributed by atoms with Gasteiger partial charge in [-0.05, 0) is 5.56 Å². The standard InChI is InChI=1S/C15H18N2O/c1-13(12-18)16-8-10-17(11-9-16)14(2)15-6-4-3-5-7-15/h3-7,12H,1-2,8-11H2. The molecule has 1 aromatic carbocycles. The molecule has 1 aromatic rings. The molecular weight excluding hydrogens is 224 g/mol. The number of rotatable bonds is 4. The predicted octanol–water partition coefficient (Wildman–Crippen LogP) is 1.99. The Morgan fingerprint density at radius 1 is 1.00 bits per heavy atom. The molecule has 0 amide bonds. The van der Waals surface area contributed by atoms with Crippen LogP contribution in [-0.2, 0) is 4.79 Å². The van der Waals surface area contributed by atoms with Gasteiger partial charge in [0.1, 0.15) is 0 Å². The van der Waals surface area contributed by atoms with Crippen molar-refractivity contribution in [2.45, 2.75) is 0 Å². The molecule has 0 aromatic heterocycles. The fraction of sp³-hybridized carbons (Fsp3) is 0.267. The minimum Gasteiger partial charge on any atom is -0.368 e. The average molecular weight is 242 g/mol. The highest BCUT2D eigenvalue weighted by atomic mass is 16.1. The minimum atomic E-state index is 0.569. The van der Waals surface area contributed by atoms with Crippen LogP contribution in [0.2, 0.25) is 0 Å². The Kier molecular flexibility index (Phi) is 3.82. The molecule has 0 bridgehead atoms. The van der Waals surface area contributed by atoms with Gasteiger partial charge in [-0.2, -0.15) is 0 Å². The molecule has 3 nitrogen and oxygen atoms in total. The third kappa shape index (κ3) is 2.62. The van der Waals surface area contributed by atoms with Gasteiger partial charge in [0.2, 0.25) is 0 Å². The van der Waals surface area contributed by atoms with Crippen LogP contribution in [0.1, 0.15) is 5.56 Å². The highest BCUT2D eigenvalue weighted by Gasteiger charge is 2.18. The van der Waals surface area contributed by atoms with Crippen molar-refractivity contribution >= 4 is 12.0 Å². The second-order valence-corrected chi connectivity index (χ2v) is 4.40. The van der Waals surface area contributed by atoms with Crippen molar-refractivity contribution in [1.82, 2.24) is 9.80 Å². The normalized spacial score (nSPS) is 15.3. The lowest BCUT2D eigenvalue weighted by atomic mass is 10.1. The molecule has 1 saturated heterocycles. The maximum absolute atomic E-state index is 10.7. The molecule has 0 radical (unpaired) electrons. The highest BCUT2D eigenvalue weighted by Crippen LogP contribution is 2.19. The summed E-state index contributed by atoms with van der Waals surface area (Å²) in [6.45, 7) is 11.3. The summed E-state index contributed by atoms with van der Waals surface area (Å²) in [5, 5.41) is 0. The van der Waals surface area contributed by atoms with E-state index in [1.54, 1.807) is 0 Å². The quantitative estimate of drug-likeness (QED) is 0.596. The predicted molar refractivity (Wildman–Crippen MR) is 73.8 cm³/mol. The van der Waals surface area contributed by atoms with Gasteiger partial charge >= 0.3 is 0 Å². The smallest absolute Gasteiger partial charge is 0.165 e. The second-order valence-electron chi connectivity index (χ2n) is 4.40. The maximum atomic E-state index is 10.7. The molecule has 1 heterocycles. The van der Waals surface area contributed by atoms with Gasteiger partial charge in [0.05, 0.1) is 5.70 Å². The first-order chi connectivity index (χ1) is 8.72. The summed E-state index contributed by atoms with van der Waals surface area (Å²) in [4.78, 5) is 14.9. The molecule has 0 aliphatic carbocycles. The summed E-state index contributed by atoms with van der Waals surface area (Å²) in [6, 6.07) is 10.2. The maximum Gasteiger partial charge on any atom is 0.165 e. The van der Waals surface area contributed by atoms with Crippen LogP contribution >= 0.6 is 0 Å². The second kappa shape index (κ2) is 5.54. The molecule has 0 unspecified atom stereocenters. The summed E-state index contributed by atoms with van der Waals surface area (Å²) < 4.78 is 0. The lowest BCUT2D eigenvalue weighted by molar-refractivity contribution is -0.106. The topological polar surface area (TPSA) is 23.6 Å². The van der Waals surface area contributed by atoms with E-state index in [1.165, 1.54) is 0 Å². The van der Waals surface area contributed by atoms with E-state index in [-0.39, 0.29) is 0 Å². The van der Waals surface area contributed by atoms with E-state index in [1.807, 2.05) is 23.1 Å². The third-order valence-corrected chi connectivity index (χ3v) is 3.31. The number of nitrogens with zero attached hydrogens (tertiary/aromatic N) is 2. The number of carbonyl (C=O) groups is 1. The van der Waals surface area contributed by atoms with Crippen LogP contribution in [0, 0.1) is 0 Å². The van der Waals surface area contributed by atoms with E-state index >= 15 is 0 Å². The van der Waals surface area contributed by atoms with Crippen LogP contribution in [0.25, 0.3) is 5.70 Å². The molecule has 1 aliphatic rings. The summed E-state index contributed by atoms with van der Waals surface area (Å²) in [7, 11) is 0. The van der Waals surface area contributed by atoms with Gasteiger partial charge in [-0.15, -0.1) is 0 Å². The van der Waals surface area contributed by atoms with Crippen LogP contribution < -0.4 is 0 Å². The Bertz CT molecular complexity index is 445. The Morgan fingerprint density at radius 2 is 1.56 bits per heavy atom. The van der Waals surface area contributed by atoms with Crippen LogP contribution in [0.3, 0.4) is 0 Å². The number of allylic oxidation sites excluding steroid dienone is 1. The summed E-state index contributed by atoms with van der Waals surface area (Å²) in [5.41, 5.74) is 2.77. The van der Waals surface area contributed by atoms with Gasteiger partial charge in [0.25, 0.3) is 0 Å². The average Bonchev–Trinajstić information content (AvgIpc) is 2.47. The van der Waals surface area contributed by atoms with Gasteiger partial charge in [-0.25, -0.2) is 0 Å². The van der Waals surface area contributed by atoms with Crippen molar-refractivity contribution in [3.63, 3.8) is 0 Å². The zero-order valence-corrected chi connectivity index (χ0v) is 10.5. The Hall–Kier alpha value is -2.03. The molecule has 0 saturated carbocycles. The summed E-state index contributed by atoms with van der Waals surface area (Å²) in [6.07, 6.45) is 0.821. The molecule has 0 N–H and O–H groups in total. The van der Waals surface area contributed by atoms with Crippen LogP contribution in [0.15, 0.2) is 49.2 Å². The molecule has 2 rings (SSSR count). The molecule has 1 fully saturated rings. The number of aldehydes is 1. The number of benzene rings is 1. The van der Waals surface area contributed by atoms with Crippen molar-refractivity contribution < 1.29 is 4.79 Å². The SMILES string of the molecule is C=C(C=O)N1CCN(C(=C)c2ccccc2)CC1. The Labute approximate surface area is 108 Å². The highest BCUT2D eigenvalue weighted by molar-refractivity contribution is 5.71. The zero-order chi connectivity index (χ0) is 13.0. The molecule has 0 atom stereocenters. The van der Waals surface area contributed by atoms with E-state index in [4.69, 9.17) is 0 Å². The molecule has 1 aliphatic heterocycles. The lowest BCUT2D eigenvalue weighted by Crippen LogP contribution is -2.44. The van der Waals surface area contributed by atoms with Gasteiger partial charge in [0.15, 0.2) is 6.29 Å². The number of piperazine rings is 1. The Balaban J connectivity index is 1.96. The molecule has 18 heavy (non-hydrogen) atoms. The van der Waals surface area contributed by atoms with Crippen molar-refractivity contribution in [3.8, 4) is 0 Å². The van der Waals surface area contributed by atoms with Gasteiger partial charge < -0.3 is 9.80 Å². The lowest BCUT2D eigenvalue weighted by Gasteiger charge is -2.37. The van der Waals surface area contributed by atoms with Gasteiger partial charge in [-0.3, -0.25) is 4.79 Å². The summed E-state index contributed by atoms with van der Waals surface area (Å²) >= 11 is 0. The molecule has 94 valence electrons. The first-order valence-electron chi connectivity index (χ1n) is 6.10. The molecule has 0 spiro atoms. The third-order valence-electron chi connectivity index (χ3n) is 3.31. The van der Waals surface area contributed by atoms with E-state index in [2.05, 4.69) is 30.2 Å². The number of carbonyl (C=O) groups excluding carboxylic acids is 1. The van der Waals surface area contributed by atoms with E-state index < -0.39 is 0 Å². The zero-order valence-electron chi connectivity index (χ0n) is 10.5. The van der Waals surface area contributed by atoms with Gasteiger partial charge in [-0.1, -0.05) is 43.5 Å². The number of hydrogen-bond donors (Lipinski definition) is 0. The number of hydrogen-bond acceptors (Lipinski definition) is 3. The van der Waals surface area contributed by atoms with E-state index in [9.17, 15) is 4.79 Å². The van der Waals surface area contributed by atoms with Crippen LogP contribution in [-0.4, -0.2) is 42.3 Å². The van der Waals surface area contributed by atoms with Crippen molar-refractivity contribution in [3.05, 3.63) is 54.8 Å². The van der Waals surface area contributed by atoms with E-state index in [0.29, 0.717) is 5.70 Å². The van der Waals surface area contributed by atoms with E-state index in [0.717, 1.165) is 43.7 Å². The Morgan fingerprint density at radius 3 is 2.11 bits per heavy atom. The first kappa shape index (κ1) is 12.4. The largest absolute Gasteiger partial charge is 0.368 e. The van der Waals surface area contributed by atoms with Crippen molar-refractivity contribution in [2.75, 3.05) is 26.2 Å². The minimum absolute atomic E-state index is 0.569. The molecular formula is C15H18N2O. The fourth-order valence-corrected chi connectivity index (χ4v) is 2.15. The molecule has 3 heteroatoms. The monoisotopic (exact) mass is 242 g/mol. The van der Waals surface area contributed by atoms with Crippen molar-refractivity contribution in [1.29, 1.82) is 0 Å².